The first-order chi connectivity index (χ1) is 17.6. The van der Waals surface area contributed by atoms with Gasteiger partial charge in [0.05, 0.1) is 0 Å². The van der Waals surface area contributed by atoms with Crippen LogP contribution in [0.4, 0.5) is 5.69 Å². The van der Waals surface area contributed by atoms with E-state index in [0.29, 0.717) is 17.2 Å². The highest BCUT2D eigenvalue weighted by Gasteiger charge is 2.27. The van der Waals surface area contributed by atoms with Gasteiger partial charge in [0.1, 0.15) is 0 Å². The SMILES string of the molecule is Cc1cc(C(=O)NC2CCC(CC3CCC(N)CC3)CC2)ccc1NC(=O)c1ccc(C(C)(C)C)cc1. The summed E-state index contributed by atoms with van der Waals surface area (Å²) in [7, 11) is 0. The third-order valence-electron chi connectivity index (χ3n) is 8.49. The lowest BCUT2D eigenvalue weighted by Crippen LogP contribution is -2.38. The minimum atomic E-state index is -0.145. The van der Waals surface area contributed by atoms with Crippen LogP contribution in [0.5, 0.6) is 0 Å². The standard InChI is InChI=1S/C32H45N3O2/c1-21-19-25(11-18-29(21)35-30(36)24-9-12-26(13-10-24)32(2,3)4)31(37)34-28-16-7-23(8-17-28)20-22-5-14-27(33)15-6-22/h9-13,18-19,22-23,27-28H,5-8,14-17,20,33H2,1-4H3,(H,34,37)(H,35,36). The molecule has 0 aliphatic heterocycles. The Kier molecular flexibility index (Phi) is 8.74. The molecule has 0 saturated heterocycles. The Balaban J connectivity index is 1.26. The molecule has 2 aliphatic rings. The normalized spacial score (nSPS) is 24.4. The number of carbonyl (C=O) groups is 2. The first kappa shape index (κ1) is 27.4. The number of rotatable bonds is 6. The molecule has 0 aromatic heterocycles. The van der Waals surface area contributed by atoms with Gasteiger partial charge in [-0.05, 0) is 123 Å². The lowest BCUT2D eigenvalue weighted by molar-refractivity contribution is 0.0918. The van der Waals surface area contributed by atoms with Gasteiger partial charge in [0.2, 0.25) is 0 Å². The molecule has 5 heteroatoms. The van der Waals surface area contributed by atoms with Gasteiger partial charge in [0, 0.05) is 28.9 Å². The van der Waals surface area contributed by atoms with Gasteiger partial charge in [-0.25, -0.2) is 0 Å². The molecule has 2 aliphatic carbocycles. The van der Waals surface area contributed by atoms with Crippen molar-refractivity contribution in [2.45, 2.75) is 103 Å². The van der Waals surface area contributed by atoms with E-state index in [0.717, 1.165) is 35.9 Å². The molecule has 200 valence electrons. The quantitative estimate of drug-likeness (QED) is 0.408. The second-order valence-electron chi connectivity index (χ2n) is 12.5. The zero-order chi connectivity index (χ0) is 26.6. The Morgan fingerprint density at radius 2 is 1.38 bits per heavy atom. The molecule has 37 heavy (non-hydrogen) atoms. The molecule has 0 unspecified atom stereocenters. The average Bonchev–Trinajstić information content (AvgIpc) is 2.87. The Morgan fingerprint density at radius 3 is 1.95 bits per heavy atom. The number of nitrogens with two attached hydrogens (primary N) is 1. The molecule has 2 aromatic rings. The van der Waals surface area contributed by atoms with Crippen molar-refractivity contribution in [3.05, 3.63) is 64.7 Å². The fourth-order valence-corrected chi connectivity index (χ4v) is 5.97. The number of carbonyl (C=O) groups excluding carboxylic acids is 2. The first-order valence-corrected chi connectivity index (χ1v) is 14.2. The van der Waals surface area contributed by atoms with E-state index >= 15 is 0 Å². The van der Waals surface area contributed by atoms with Crippen molar-refractivity contribution in [3.63, 3.8) is 0 Å². The van der Waals surface area contributed by atoms with Crippen LogP contribution >= 0.6 is 0 Å². The van der Waals surface area contributed by atoms with Crippen LogP contribution in [-0.2, 0) is 5.41 Å². The molecular weight excluding hydrogens is 458 g/mol. The van der Waals surface area contributed by atoms with Crippen LogP contribution < -0.4 is 16.4 Å². The number of benzene rings is 2. The van der Waals surface area contributed by atoms with Crippen LogP contribution in [0.15, 0.2) is 42.5 Å². The number of hydrogen-bond donors (Lipinski definition) is 3. The average molecular weight is 504 g/mol. The first-order valence-electron chi connectivity index (χ1n) is 14.2. The molecule has 2 aromatic carbocycles. The summed E-state index contributed by atoms with van der Waals surface area (Å²) in [5.74, 6) is 1.47. The lowest BCUT2D eigenvalue weighted by Gasteiger charge is -2.33. The predicted molar refractivity (Wildman–Crippen MR) is 152 cm³/mol. The predicted octanol–water partition coefficient (Wildman–Crippen LogP) is 6.74. The van der Waals surface area contributed by atoms with Crippen molar-refractivity contribution >= 4 is 17.5 Å². The molecule has 0 atom stereocenters. The molecule has 0 radical (unpaired) electrons. The van der Waals surface area contributed by atoms with E-state index in [1.54, 1.807) is 6.07 Å². The number of hydrogen-bond acceptors (Lipinski definition) is 3. The Morgan fingerprint density at radius 1 is 0.811 bits per heavy atom. The van der Waals surface area contributed by atoms with Gasteiger partial charge in [-0.1, -0.05) is 32.9 Å². The highest BCUT2D eigenvalue weighted by Crippen LogP contribution is 2.35. The van der Waals surface area contributed by atoms with Crippen LogP contribution in [0, 0.1) is 18.8 Å². The van der Waals surface area contributed by atoms with Gasteiger partial charge in [-0.15, -0.1) is 0 Å². The van der Waals surface area contributed by atoms with Crippen molar-refractivity contribution in [3.8, 4) is 0 Å². The number of aryl methyl sites for hydroxylation is 1. The monoisotopic (exact) mass is 503 g/mol. The van der Waals surface area contributed by atoms with E-state index in [1.807, 2.05) is 43.3 Å². The summed E-state index contributed by atoms with van der Waals surface area (Å²) in [6.07, 6.45) is 10.8. The molecule has 5 nitrogen and oxygen atoms in total. The summed E-state index contributed by atoms with van der Waals surface area (Å²) in [5, 5.41) is 6.25. The smallest absolute Gasteiger partial charge is 0.255 e. The molecule has 0 bridgehead atoms. The summed E-state index contributed by atoms with van der Waals surface area (Å²) in [4.78, 5) is 25.7. The molecule has 2 amide bonds. The van der Waals surface area contributed by atoms with Gasteiger partial charge < -0.3 is 16.4 Å². The molecule has 0 heterocycles. The second kappa shape index (κ2) is 11.8. The van der Waals surface area contributed by atoms with Gasteiger partial charge >= 0.3 is 0 Å². The summed E-state index contributed by atoms with van der Waals surface area (Å²) >= 11 is 0. The van der Waals surface area contributed by atoms with Crippen molar-refractivity contribution in [1.29, 1.82) is 0 Å². The highest BCUT2D eigenvalue weighted by molar-refractivity contribution is 6.05. The molecule has 2 saturated carbocycles. The fourth-order valence-electron chi connectivity index (χ4n) is 5.97. The van der Waals surface area contributed by atoms with E-state index in [-0.39, 0.29) is 23.3 Å². The topological polar surface area (TPSA) is 84.2 Å². The minimum Gasteiger partial charge on any atom is -0.349 e. The summed E-state index contributed by atoms with van der Waals surface area (Å²) in [5.41, 5.74) is 10.2. The Labute approximate surface area is 223 Å². The summed E-state index contributed by atoms with van der Waals surface area (Å²) in [6.45, 7) is 8.40. The third-order valence-corrected chi connectivity index (χ3v) is 8.49. The van der Waals surface area contributed by atoms with Crippen molar-refractivity contribution in [2.24, 2.45) is 17.6 Å². The van der Waals surface area contributed by atoms with Crippen LogP contribution in [0.25, 0.3) is 0 Å². The molecule has 0 spiro atoms. The van der Waals surface area contributed by atoms with E-state index < -0.39 is 0 Å². The van der Waals surface area contributed by atoms with Crippen LogP contribution in [0.3, 0.4) is 0 Å². The van der Waals surface area contributed by atoms with Gasteiger partial charge in [-0.2, -0.15) is 0 Å². The van der Waals surface area contributed by atoms with Crippen LogP contribution in [0.1, 0.15) is 110 Å². The lowest BCUT2D eigenvalue weighted by atomic mass is 9.76. The van der Waals surface area contributed by atoms with E-state index in [4.69, 9.17) is 5.73 Å². The van der Waals surface area contributed by atoms with Crippen molar-refractivity contribution in [1.82, 2.24) is 5.32 Å². The fraction of sp³-hybridized carbons (Fsp3) is 0.562. The summed E-state index contributed by atoms with van der Waals surface area (Å²) < 4.78 is 0. The van der Waals surface area contributed by atoms with Crippen molar-refractivity contribution in [2.75, 3.05) is 5.32 Å². The highest BCUT2D eigenvalue weighted by atomic mass is 16.2. The Bertz CT molecular complexity index is 1070. The molecule has 4 N–H and O–H groups in total. The Hall–Kier alpha value is -2.66. The summed E-state index contributed by atoms with van der Waals surface area (Å²) in [6, 6.07) is 13.9. The van der Waals surface area contributed by atoms with Crippen LogP contribution in [-0.4, -0.2) is 23.9 Å². The number of anilines is 1. The van der Waals surface area contributed by atoms with Gasteiger partial charge in [0.15, 0.2) is 0 Å². The van der Waals surface area contributed by atoms with E-state index in [9.17, 15) is 9.59 Å². The second-order valence-corrected chi connectivity index (χ2v) is 12.5. The minimum absolute atomic E-state index is 0.0246. The molecule has 2 fully saturated rings. The number of nitrogens with one attached hydrogen (secondary N) is 2. The molecular formula is C32H45N3O2. The third kappa shape index (κ3) is 7.44. The van der Waals surface area contributed by atoms with E-state index in [1.165, 1.54) is 50.5 Å². The van der Waals surface area contributed by atoms with Gasteiger partial charge in [-0.3, -0.25) is 9.59 Å². The zero-order valence-corrected chi connectivity index (χ0v) is 23.1. The zero-order valence-electron chi connectivity index (χ0n) is 23.1. The maximum Gasteiger partial charge on any atom is 0.255 e. The maximum atomic E-state index is 13.0. The van der Waals surface area contributed by atoms with Gasteiger partial charge in [0.25, 0.3) is 11.8 Å². The maximum absolute atomic E-state index is 13.0. The van der Waals surface area contributed by atoms with E-state index in [2.05, 4.69) is 31.4 Å². The van der Waals surface area contributed by atoms with Crippen LogP contribution in [0.2, 0.25) is 0 Å². The largest absolute Gasteiger partial charge is 0.349 e. The van der Waals surface area contributed by atoms with Crippen molar-refractivity contribution < 1.29 is 9.59 Å². The molecule has 4 rings (SSSR count). The number of amides is 2.